The molecule has 0 aromatic heterocycles. The maximum Gasteiger partial charge on any atom is 0.320 e. The first-order chi connectivity index (χ1) is 6.07. The third kappa shape index (κ3) is 5.88. The van der Waals surface area contributed by atoms with E-state index in [9.17, 15) is 4.79 Å². The molecule has 7 heteroatoms. The average Bonchev–Trinajstić information content (AvgIpc) is 2.11. The predicted molar refractivity (Wildman–Crippen MR) is 48.7 cm³/mol. The number of aliphatic carboxylic acids is 1. The second-order valence-electron chi connectivity index (χ2n) is 2.50. The smallest absolute Gasteiger partial charge is 0.320 e. The lowest BCUT2D eigenvalue weighted by Crippen LogP contribution is -2.37. The third-order valence-corrected chi connectivity index (χ3v) is 1.42. The molecule has 8 N–H and O–H groups in total. The minimum absolute atomic E-state index is 0.129. The Kier molecular flexibility index (Phi) is 5.57. The Bertz CT molecular complexity index is 193. The Morgan fingerprint density at radius 2 is 2.23 bits per heavy atom. The number of carboxylic acids is 1. The number of rotatable bonds is 5. The summed E-state index contributed by atoms with van der Waals surface area (Å²) in [5.74, 6) is 4.06. The van der Waals surface area contributed by atoms with Crippen molar-refractivity contribution < 1.29 is 9.90 Å². The molecule has 0 amide bonds. The van der Waals surface area contributed by atoms with Crippen molar-refractivity contribution in [2.24, 2.45) is 22.3 Å². The normalized spacial score (nSPS) is 13.8. The van der Waals surface area contributed by atoms with Gasteiger partial charge in [0.15, 0.2) is 0 Å². The van der Waals surface area contributed by atoms with Crippen molar-refractivity contribution in [2.75, 3.05) is 6.54 Å². The molecule has 0 aromatic carbocycles. The predicted octanol–water partition coefficient (Wildman–Crippen LogP) is -2.04. The number of aliphatic imine (C=N–C) groups is 1. The second-order valence-corrected chi connectivity index (χ2v) is 2.50. The van der Waals surface area contributed by atoms with Crippen molar-refractivity contribution in [2.45, 2.75) is 18.9 Å². The summed E-state index contributed by atoms with van der Waals surface area (Å²) in [6.45, 7) is 0.414. The Morgan fingerprint density at radius 1 is 1.62 bits per heavy atom. The first kappa shape index (κ1) is 11.7. The number of carbonyl (C=O) groups is 1. The lowest BCUT2D eigenvalue weighted by molar-refractivity contribution is -0.138. The lowest BCUT2D eigenvalue weighted by atomic mass is 10.2. The lowest BCUT2D eigenvalue weighted by Gasteiger charge is -2.04. The van der Waals surface area contributed by atoms with E-state index in [1.807, 2.05) is 0 Å². The van der Waals surface area contributed by atoms with Crippen LogP contribution in [0, 0.1) is 0 Å². The van der Waals surface area contributed by atoms with E-state index in [1.54, 1.807) is 0 Å². The van der Waals surface area contributed by atoms with E-state index in [4.69, 9.17) is 22.4 Å². The number of hydrogen-bond donors (Lipinski definition) is 5. The standard InChI is InChI=1S/C6H15N5O2/c7-4(5(12)13)2-1-3-10-6(8)11-9/h4H,1-3,7,9H2,(H,12,13)(H3,8,10,11)/t4-/m1/s1. The Morgan fingerprint density at radius 3 is 2.69 bits per heavy atom. The van der Waals surface area contributed by atoms with Gasteiger partial charge in [-0.25, -0.2) is 5.84 Å². The average molecular weight is 189 g/mol. The highest BCUT2D eigenvalue weighted by Crippen LogP contribution is 1.94. The zero-order valence-corrected chi connectivity index (χ0v) is 7.23. The molecule has 0 unspecified atom stereocenters. The van der Waals surface area contributed by atoms with Crippen LogP contribution in [0.1, 0.15) is 12.8 Å². The summed E-state index contributed by atoms with van der Waals surface area (Å²) in [5, 5.41) is 8.42. The zero-order chi connectivity index (χ0) is 10.3. The summed E-state index contributed by atoms with van der Waals surface area (Å²) in [7, 11) is 0. The molecular weight excluding hydrogens is 174 g/mol. The minimum atomic E-state index is -1.01. The van der Waals surface area contributed by atoms with Gasteiger partial charge in [0.05, 0.1) is 0 Å². The molecule has 0 saturated heterocycles. The number of nitrogens with zero attached hydrogens (tertiary/aromatic N) is 1. The molecule has 0 radical (unpaired) electrons. The molecule has 7 nitrogen and oxygen atoms in total. The van der Waals surface area contributed by atoms with Crippen LogP contribution in [-0.2, 0) is 4.79 Å². The van der Waals surface area contributed by atoms with Gasteiger partial charge in [0, 0.05) is 6.54 Å². The molecule has 0 rings (SSSR count). The summed E-state index contributed by atoms with van der Waals surface area (Å²) >= 11 is 0. The molecule has 0 saturated carbocycles. The number of nitrogens with two attached hydrogens (primary N) is 3. The van der Waals surface area contributed by atoms with Gasteiger partial charge in [-0.3, -0.25) is 15.2 Å². The van der Waals surface area contributed by atoms with Gasteiger partial charge in [0.1, 0.15) is 6.04 Å². The van der Waals surface area contributed by atoms with Gasteiger partial charge in [-0.05, 0) is 12.8 Å². The van der Waals surface area contributed by atoms with Gasteiger partial charge in [-0.2, -0.15) is 0 Å². The van der Waals surface area contributed by atoms with Gasteiger partial charge in [-0.1, -0.05) is 0 Å². The van der Waals surface area contributed by atoms with Crippen LogP contribution >= 0.6 is 0 Å². The maximum atomic E-state index is 10.3. The fraction of sp³-hybridized carbons (Fsp3) is 0.667. The molecule has 76 valence electrons. The van der Waals surface area contributed by atoms with E-state index in [0.717, 1.165) is 0 Å². The monoisotopic (exact) mass is 189 g/mol. The van der Waals surface area contributed by atoms with Gasteiger partial charge in [0.2, 0.25) is 5.96 Å². The summed E-state index contributed by atoms with van der Waals surface area (Å²) in [5.41, 5.74) is 12.6. The topological polar surface area (TPSA) is 140 Å². The molecule has 0 aliphatic carbocycles. The summed E-state index contributed by atoms with van der Waals surface area (Å²) < 4.78 is 0. The summed E-state index contributed by atoms with van der Waals surface area (Å²) in [4.78, 5) is 14.0. The van der Waals surface area contributed by atoms with Crippen molar-refractivity contribution in [3.63, 3.8) is 0 Å². The van der Waals surface area contributed by atoms with Crippen molar-refractivity contribution in [3.8, 4) is 0 Å². The first-order valence-electron chi connectivity index (χ1n) is 3.83. The summed E-state index contributed by atoms with van der Waals surface area (Å²) in [6, 6.07) is -0.831. The molecule has 0 heterocycles. The molecule has 13 heavy (non-hydrogen) atoms. The van der Waals surface area contributed by atoms with E-state index in [-0.39, 0.29) is 5.96 Å². The van der Waals surface area contributed by atoms with Crippen LogP contribution in [0.25, 0.3) is 0 Å². The largest absolute Gasteiger partial charge is 0.480 e. The highest BCUT2D eigenvalue weighted by Gasteiger charge is 2.09. The maximum absolute atomic E-state index is 10.3. The van der Waals surface area contributed by atoms with E-state index in [0.29, 0.717) is 19.4 Å². The Labute approximate surface area is 76.0 Å². The van der Waals surface area contributed by atoms with E-state index < -0.39 is 12.0 Å². The number of hydrogen-bond acceptors (Lipinski definition) is 4. The van der Waals surface area contributed by atoms with E-state index in [2.05, 4.69) is 10.4 Å². The van der Waals surface area contributed by atoms with Gasteiger partial charge >= 0.3 is 5.97 Å². The van der Waals surface area contributed by atoms with Crippen LogP contribution in [0.2, 0.25) is 0 Å². The molecule has 0 fully saturated rings. The van der Waals surface area contributed by atoms with Crippen molar-refractivity contribution in [3.05, 3.63) is 0 Å². The summed E-state index contributed by atoms with van der Waals surface area (Å²) in [6.07, 6.45) is 0.937. The van der Waals surface area contributed by atoms with Gasteiger partial charge in [0.25, 0.3) is 0 Å². The fourth-order valence-corrected chi connectivity index (χ4v) is 0.680. The third-order valence-electron chi connectivity index (χ3n) is 1.42. The molecule has 0 bridgehead atoms. The van der Waals surface area contributed by atoms with Gasteiger partial charge in [-0.15, -0.1) is 0 Å². The number of guanidine groups is 1. The number of nitrogens with one attached hydrogen (secondary N) is 1. The van der Waals surface area contributed by atoms with E-state index >= 15 is 0 Å². The Hall–Kier alpha value is -1.34. The zero-order valence-electron chi connectivity index (χ0n) is 7.23. The van der Waals surface area contributed by atoms with Gasteiger partial charge < -0.3 is 16.6 Å². The molecule has 0 aromatic rings. The molecule has 0 aliphatic heterocycles. The van der Waals surface area contributed by atoms with Crippen molar-refractivity contribution in [1.82, 2.24) is 5.43 Å². The first-order valence-corrected chi connectivity index (χ1v) is 3.83. The molecule has 0 aliphatic rings. The van der Waals surface area contributed by atoms with Crippen molar-refractivity contribution in [1.29, 1.82) is 0 Å². The van der Waals surface area contributed by atoms with Crippen LogP contribution in [-0.4, -0.2) is 29.6 Å². The van der Waals surface area contributed by atoms with Crippen LogP contribution in [0.5, 0.6) is 0 Å². The highest BCUT2D eigenvalue weighted by atomic mass is 16.4. The Balaban J connectivity index is 3.51. The van der Waals surface area contributed by atoms with Crippen molar-refractivity contribution >= 4 is 11.9 Å². The van der Waals surface area contributed by atoms with Crippen LogP contribution in [0.15, 0.2) is 4.99 Å². The van der Waals surface area contributed by atoms with Crippen LogP contribution in [0.3, 0.4) is 0 Å². The number of carboxylic acid groups (broad SMARTS) is 1. The highest BCUT2D eigenvalue weighted by molar-refractivity contribution is 5.77. The molecule has 1 atom stereocenters. The fourth-order valence-electron chi connectivity index (χ4n) is 0.680. The second kappa shape index (κ2) is 6.21. The molecular formula is C6H15N5O2. The minimum Gasteiger partial charge on any atom is -0.480 e. The van der Waals surface area contributed by atoms with Crippen LogP contribution < -0.4 is 22.7 Å². The van der Waals surface area contributed by atoms with E-state index in [1.165, 1.54) is 0 Å². The number of hydrazine groups is 1. The van der Waals surface area contributed by atoms with Crippen LogP contribution in [0.4, 0.5) is 0 Å². The molecule has 0 spiro atoms. The SMILES string of the molecule is NNC(N)=NCCC[C@@H](N)C(=O)O. The quantitative estimate of drug-likeness (QED) is 0.111.